The highest BCUT2D eigenvalue weighted by atomic mass is 35.5. The molecule has 1 saturated carbocycles. The van der Waals surface area contributed by atoms with Crippen LogP contribution < -0.4 is 11.1 Å². The van der Waals surface area contributed by atoms with E-state index in [0.29, 0.717) is 12.5 Å². The Kier molecular flexibility index (Phi) is 4.57. The SMILES string of the molecule is Cl.NC(CNC(=O)c1cccs1)C1CC1. The van der Waals surface area contributed by atoms with Gasteiger partial charge in [0.1, 0.15) is 0 Å². The summed E-state index contributed by atoms with van der Waals surface area (Å²) in [6.07, 6.45) is 2.44. The highest BCUT2D eigenvalue weighted by Crippen LogP contribution is 2.31. The molecule has 0 bridgehead atoms. The molecule has 1 heterocycles. The molecule has 1 fully saturated rings. The maximum absolute atomic E-state index is 11.5. The third kappa shape index (κ3) is 3.48. The molecule has 1 amide bonds. The Morgan fingerprint density at radius 2 is 2.40 bits per heavy atom. The second-order valence-electron chi connectivity index (χ2n) is 3.69. The molecule has 0 saturated heterocycles. The van der Waals surface area contributed by atoms with Crippen molar-refractivity contribution in [3.05, 3.63) is 22.4 Å². The van der Waals surface area contributed by atoms with Crippen LogP contribution in [-0.2, 0) is 0 Å². The lowest BCUT2D eigenvalue weighted by atomic mass is 10.2. The maximum atomic E-state index is 11.5. The van der Waals surface area contributed by atoms with Gasteiger partial charge in [-0.25, -0.2) is 0 Å². The van der Waals surface area contributed by atoms with Crippen molar-refractivity contribution in [3.8, 4) is 0 Å². The second kappa shape index (κ2) is 5.49. The Hall–Kier alpha value is -0.580. The van der Waals surface area contributed by atoms with Gasteiger partial charge < -0.3 is 11.1 Å². The molecule has 1 atom stereocenters. The zero-order chi connectivity index (χ0) is 9.97. The van der Waals surface area contributed by atoms with Crippen molar-refractivity contribution in [2.45, 2.75) is 18.9 Å². The van der Waals surface area contributed by atoms with Gasteiger partial charge in [-0.1, -0.05) is 6.07 Å². The number of thiophene rings is 1. The normalized spacial score (nSPS) is 16.6. The molecule has 15 heavy (non-hydrogen) atoms. The summed E-state index contributed by atoms with van der Waals surface area (Å²) in [6.45, 7) is 0.599. The van der Waals surface area contributed by atoms with Crippen molar-refractivity contribution in [1.29, 1.82) is 0 Å². The van der Waals surface area contributed by atoms with Crippen molar-refractivity contribution in [3.63, 3.8) is 0 Å². The smallest absolute Gasteiger partial charge is 0.261 e. The van der Waals surface area contributed by atoms with Crippen molar-refractivity contribution in [2.75, 3.05) is 6.54 Å². The van der Waals surface area contributed by atoms with Crippen molar-refractivity contribution in [1.82, 2.24) is 5.32 Å². The van der Waals surface area contributed by atoms with Crippen LogP contribution >= 0.6 is 23.7 Å². The third-order valence-corrected chi connectivity index (χ3v) is 3.34. The second-order valence-corrected chi connectivity index (χ2v) is 4.64. The monoisotopic (exact) mass is 246 g/mol. The summed E-state index contributed by atoms with van der Waals surface area (Å²) in [6, 6.07) is 3.84. The molecule has 84 valence electrons. The molecule has 0 radical (unpaired) electrons. The first-order valence-electron chi connectivity index (χ1n) is 4.84. The fourth-order valence-electron chi connectivity index (χ4n) is 1.40. The standard InChI is InChI=1S/C10H14N2OS.ClH/c11-8(7-3-4-7)6-12-10(13)9-2-1-5-14-9;/h1-2,5,7-8H,3-4,6,11H2,(H,12,13);1H. The molecule has 3 nitrogen and oxygen atoms in total. The van der Waals surface area contributed by atoms with Crippen LogP contribution in [0.5, 0.6) is 0 Å². The Balaban J connectivity index is 0.00000112. The summed E-state index contributed by atoms with van der Waals surface area (Å²) in [5.74, 6) is 0.634. The van der Waals surface area contributed by atoms with Crippen molar-refractivity contribution < 1.29 is 4.79 Å². The Morgan fingerprint density at radius 1 is 1.67 bits per heavy atom. The molecular weight excluding hydrogens is 232 g/mol. The Labute approximate surface area is 99.5 Å². The van der Waals surface area contributed by atoms with Crippen LogP contribution in [0.15, 0.2) is 17.5 Å². The summed E-state index contributed by atoms with van der Waals surface area (Å²) in [5, 5.41) is 4.75. The third-order valence-electron chi connectivity index (χ3n) is 2.47. The molecule has 1 aliphatic rings. The van der Waals surface area contributed by atoms with Gasteiger partial charge in [0.05, 0.1) is 4.88 Å². The number of rotatable bonds is 4. The first-order chi connectivity index (χ1) is 6.77. The lowest BCUT2D eigenvalue weighted by molar-refractivity contribution is 0.0954. The van der Waals surface area contributed by atoms with Crippen LogP contribution in [0.3, 0.4) is 0 Å². The van der Waals surface area contributed by atoms with E-state index in [2.05, 4.69) is 5.32 Å². The van der Waals surface area contributed by atoms with Crippen molar-refractivity contribution >= 4 is 29.7 Å². The van der Waals surface area contributed by atoms with Crippen LogP contribution in [0, 0.1) is 5.92 Å². The van der Waals surface area contributed by atoms with Gasteiger partial charge in [-0.05, 0) is 30.2 Å². The van der Waals surface area contributed by atoms with Crippen LogP contribution in [0.1, 0.15) is 22.5 Å². The summed E-state index contributed by atoms with van der Waals surface area (Å²) < 4.78 is 0. The molecule has 0 aromatic carbocycles. The van der Waals surface area contributed by atoms with E-state index in [4.69, 9.17) is 5.73 Å². The minimum Gasteiger partial charge on any atom is -0.350 e. The van der Waals surface area contributed by atoms with Gasteiger partial charge >= 0.3 is 0 Å². The van der Waals surface area contributed by atoms with E-state index in [-0.39, 0.29) is 24.4 Å². The fraction of sp³-hybridized carbons (Fsp3) is 0.500. The molecule has 2 rings (SSSR count). The molecule has 0 aliphatic heterocycles. The first kappa shape index (κ1) is 12.5. The number of halogens is 1. The molecule has 1 aromatic rings. The number of amides is 1. The summed E-state index contributed by atoms with van der Waals surface area (Å²) >= 11 is 1.45. The molecule has 3 N–H and O–H groups in total. The van der Waals surface area contributed by atoms with Gasteiger partial charge in [-0.15, -0.1) is 23.7 Å². The lowest BCUT2D eigenvalue weighted by Gasteiger charge is -2.10. The van der Waals surface area contributed by atoms with E-state index >= 15 is 0 Å². The molecular formula is C10H15ClN2OS. The Bertz CT molecular complexity index is 311. The van der Waals surface area contributed by atoms with Gasteiger partial charge in [0.2, 0.25) is 0 Å². The van der Waals surface area contributed by atoms with E-state index in [0.717, 1.165) is 4.88 Å². The summed E-state index contributed by atoms with van der Waals surface area (Å²) in [7, 11) is 0. The van der Waals surface area contributed by atoms with Gasteiger partial charge in [-0.2, -0.15) is 0 Å². The fourth-order valence-corrected chi connectivity index (χ4v) is 2.04. The van der Waals surface area contributed by atoms with Crippen LogP contribution in [0.2, 0.25) is 0 Å². The predicted octanol–water partition coefficient (Wildman–Crippen LogP) is 1.64. The van der Waals surface area contributed by atoms with Gasteiger partial charge in [-0.3, -0.25) is 4.79 Å². The van der Waals surface area contributed by atoms with E-state index in [1.54, 1.807) is 0 Å². The van der Waals surface area contributed by atoms with Crippen LogP contribution in [0.25, 0.3) is 0 Å². The largest absolute Gasteiger partial charge is 0.350 e. The van der Waals surface area contributed by atoms with Gasteiger partial charge in [0, 0.05) is 12.6 Å². The number of carbonyl (C=O) groups is 1. The molecule has 1 aromatic heterocycles. The van der Waals surface area contributed by atoms with E-state index in [1.165, 1.54) is 24.2 Å². The van der Waals surface area contributed by atoms with Crippen LogP contribution in [-0.4, -0.2) is 18.5 Å². The zero-order valence-corrected chi connectivity index (χ0v) is 9.94. The maximum Gasteiger partial charge on any atom is 0.261 e. The van der Waals surface area contributed by atoms with Crippen molar-refractivity contribution in [2.24, 2.45) is 11.7 Å². The van der Waals surface area contributed by atoms with E-state index in [9.17, 15) is 4.79 Å². The topological polar surface area (TPSA) is 55.1 Å². The van der Waals surface area contributed by atoms with Crippen LogP contribution in [0.4, 0.5) is 0 Å². The Morgan fingerprint density at radius 3 is 2.93 bits per heavy atom. The number of hydrogen-bond donors (Lipinski definition) is 2. The zero-order valence-electron chi connectivity index (χ0n) is 8.31. The predicted molar refractivity (Wildman–Crippen MR) is 64.6 cm³/mol. The molecule has 1 aliphatic carbocycles. The van der Waals surface area contributed by atoms with E-state index < -0.39 is 0 Å². The number of carbonyl (C=O) groups excluding carboxylic acids is 1. The first-order valence-corrected chi connectivity index (χ1v) is 5.72. The molecule has 5 heteroatoms. The number of nitrogens with two attached hydrogens (primary N) is 1. The highest BCUT2D eigenvalue weighted by molar-refractivity contribution is 7.12. The summed E-state index contributed by atoms with van der Waals surface area (Å²) in [5.41, 5.74) is 5.87. The quantitative estimate of drug-likeness (QED) is 0.849. The average Bonchev–Trinajstić information content (AvgIpc) is 2.90. The minimum absolute atomic E-state index is 0. The van der Waals surface area contributed by atoms with E-state index in [1.807, 2.05) is 17.5 Å². The minimum atomic E-state index is -0.00361. The number of hydrogen-bond acceptors (Lipinski definition) is 3. The van der Waals surface area contributed by atoms with Gasteiger partial charge in [0.15, 0.2) is 0 Å². The number of nitrogens with one attached hydrogen (secondary N) is 1. The molecule has 0 spiro atoms. The lowest BCUT2D eigenvalue weighted by Crippen LogP contribution is -2.38. The molecule has 1 unspecified atom stereocenters. The van der Waals surface area contributed by atoms with Gasteiger partial charge in [0.25, 0.3) is 5.91 Å². The summed E-state index contributed by atoms with van der Waals surface area (Å²) in [4.78, 5) is 12.3. The average molecular weight is 247 g/mol. The highest BCUT2D eigenvalue weighted by Gasteiger charge is 2.28.